The molecule has 3 amide bonds. The van der Waals surface area contributed by atoms with Crippen LogP contribution in [-0.2, 0) is 9.59 Å². The van der Waals surface area contributed by atoms with Crippen molar-refractivity contribution in [1.29, 1.82) is 0 Å². The predicted octanol–water partition coefficient (Wildman–Crippen LogP) is 1.62. The number of hydrogen-bond acceptors (Lipinski definition) is 4. The Morgan fingerprint density at radius 2 is 2.11 bits per heavy atom. The number of aliphatic carboxylic acids is 1. The minimum atomic E-state index is -1.25. The lowest BCUT2D eigenvalue weighted by Gasteiger charge is -2.23. The minimum Gasteiger partial charge on any atom is -0.478 e. The molecule has 0 fully saturated rings. The summed E-state index contributed by atoms with van der Waals surface area (Å²) in [6.07, 6.45) is 1.47. The van der Waals surface area contributed by atoms with Crippen LogP contribution in [0.2, 0.25) is 0 Å². The molecule has 6 nitrogen and oxygen atoms in total. The molecular weight excluding hydrogens is 268 g/mol. The third-order valence-electron chi connectivity index (χ3n) is 2.46. The number of nitrogens with zero attached hydrogens (tertiary/aromatic N) is 1. The molecule has 1 unspecified atom stereocenters. The molecule has 1 heterocycles. The van der Waals surface area contributed by atoms with Crippen LogP contribution in [0.4, 0.5) is 4.79 Å². The number of carbonyl (C=O) groups is 3. The summed E-state index contributed by atoms with van der Waals surface area (Å²) in [6, 6.07) is 3.02. The SMILES string of the molecule is CC(c1cccs1)N(C)C(=O)NC(=O)C=CC(=O)O. The van der Waals surface area contributed by atoms with E-state index in [9.17, 15) is 14.4 Å². The van der Waals surface area contributed by atoms with Crippen LogP contribution in [0, 0.1) is 0 Å². The molecule has 1 aromatic heterocycles. The summed E-state index contributed by atoms with van der Waals surface area (Å²) in [6.45, 7) is 1.84. The number of carboxylic acid groups (broad SMARTS) is 1. The average molecular weight is 282 g/mol. The Hall–Kier alpha value is -2.15. The first kappa shape index (κ1) is 14.9. The van der Waals surface area contributed by atoms with E-state index < -0.39 is 17.9 Å². The van der Waals surface area contributed by atoms with Gasteiger partial charge in [-0.2, -0.15) is 0 Å². The summed E-state index contributed by atoms with van der Waals surface area (Å²) in [4.78, 5) is 35.6. The van der Waals surface area contributed by atoms with Gasteiger partial charge in [-0.25, -0.2) is 9.59 Å². The smallest absolute Gasteiger partial charge is 0.328 e. The summed E-state index contributed by atoms with van der Waals surface area (Å²) in [5.74, 6) is -2.01. The zero-order valence-electron chi connectivity index (χ0n) is 10.5. The second kappa shape index (κ2) is 6.69. The summed E-state index contributed by atoms with van der Waals surface area (Å²) in [7, 11) is 1.56. The Labute approximate surface area is 114 Å². The fourth-order valence-corrected chi connectivity index (χ4v) is 2.10. The highest BCUT2D eigenvalue weighted by Crippen LogP contribution is 2.23. The molecule has 0 aromatic carbocycles. The Balaban J connectivity index is 2.58. The first-order chi connectivity index (χ1) is 8.91. The number of rotatable bonds is 4. The van der Waals surface area contributed by atoms with E-state index in [-0.39, 0.29) is 6.04 Å². The van der Waals surface area contributed by atoms with Crippen molar-refractivity contribution in [2.45, 2.75) is 13.0 Å². The molecule has 0 bridgehead atoms. The van der Waals surface area contributed by atoms with Gasteiger partial charge in [0, 0.05) is 24.1 Å². The monoisotopic (exact) mass is 282 g/mol. The van der Waals surface area contributed by atoms with Gasteiger partial charge in [0.05, 0.1) is 6.04 Å². The van der Waals surface area contributed by atoms with Crippen molar-refractivity contribution in [2.24, 2.45) is 0 Å². The van der Waals surface area contributed by atoms with Crippen LogP contribution in [0.5, 0.6) is 0 Å². The van der Waals surface area contributed by atoms with E-state index in [2.05, 4.69) is 5.32 Å². The van der Waals surface area contributed by atoms with Gasteiger partial charge in [0.25, 0.3) is 5.91 Å². The third kappa shape index (κ3) is 4.55. The minimum absolute atomic E-state index is 0.170. The van der Waals surface area contributed by atoms with Crippen molar-refractivity contribution in [3.05, 3.63) is 34.5 Å². The molecule has 0 aliphatic heterocycles. The molecule has 0 saturated heterocycles. The van der Waals surface area contributed by atoms with Crippen LogP contribution in [0.1, 0.15) is 17.8 Å². The van der Waals surface area contributed by atoms with Gasteiger partial charge in [0.2, 0.25) is 0 Å². The number of urea groups is 1. The van der Waals surface area contributed by atoms with Gasteiger partial charge in [0.1, 0.15) is 0 Å². The fourth-order valence-electron chi connectivity index (χ4n) is 1.28. The van der Waals surface area contributed by atoms with Crippen molar-refractivity contribution >= 4 is 29.2 Å². The zero-order chi connectivity index (χ0) is 14.4. The maximum Gasteiger partial charge on any atom is 0.328 e. The number of imide groups is 1. The third-order valence-corrected chi connectivity index (χ3v) is 3.51. The molecule has 7 heteroatoms. The Kier molecular flexibility index (Phi) is 5.25. The quantitative estimate of drug-likeness (QED) is 0.821. The van der Waals surface area contributed by atoms with Gasteiger partial charge in [-0.15, -0.1) is 11.3 Å². The van der Waals surface area contributed by atoms with Crippen LogP contribution in [-0.4, -0.2) is 35.0 Å². The van der Waals surface area contributed by atoms with Crippen LogP contribution in [0.25, 0.3) is 0 Å². The van der Waals surface area contributed by atoms with Crippen LogP contribution in [0.3, 0.4) is 0 Å². The van der Waals surface area contributed by atoms with Crippen molar-refractivity contribution < 1.29 is 19.5 Å². The van der Waals surface area contributed by atoms with Gasteiger partial charge in [0.15, 0.2) is 0 Å². The largest absolute Gasteiger partial charge is 0.478 e. The van der Waals surface area contributed by atoms with Crippen LogP contribution < -0.4 is 5.32 Å². The molecule has 102 valence electrons. The van der Waals surface area contributed by atoms with E-state index in [0.29, 0.717) is 6.08 Å². The number of carboxylic acids is 1. The van der Waals surface area contributed by atoms with Crippen molar-refractivity contribution in [3.8, 4) is 0 Å². The summed E-state index contributed by atoms with van der Waals surface area (Å²) < 4.78 is 0. The van der Waals surface area contributed by atoms with Crippen molar-refractivity contribution in [2.75, 3.05) is 7.05 Å². The van der Waals surface area contributed by atoms with Gasteiger partial charge in [-0.1, -0.05) is 6.07 Å². The van der Waals surface area contributed by atoms with E-state index in [0.717, 1.165) is 11.0 Å². The van der Waals surface area contributed by atoms with Crippen LogP contribution in [0.15, 0.2) is 29.7 Å². The highest BCUT2D eigenvalue weighted by molar-refractivity contribution is 7.10. The topological polar surface area (TPSA) is 86.7 Å². The average Bonchev–Trinajstić information content (AvgIpc) is 2.88. The normalized spacial score (nSPS) is 12.1. The molecule has 0 aliphatic carbocycles. The van der Waals surface area contributed by atoms with Gasteiger partial charge in [-0.3, -0.25) is 10.1 Å². The second-order valence-corrected chi connectivity index (χ2v) is 4.75. The second-order valence-electron chi connectivity index (χ2n) is 3.77. The van der Waals surface area contributed by atoms with E-state index in [1.54, 1.807) is 7.05 Å². The lowest BCUT2D eigenvalue weighted by atomic mass is 10.2. The molecule has 19 heavy (non-hydrogen) atoms. The van der Waals surface area contributed by atoms with Gasteiger partial charge in [-0.05, 0) is 18.4 Å². The van der Waals surface area contributed by atoms with Crippen LogP contribution >= 0.6 is 11.3 Å². The number of hydrogen-bond donors (Lipinski definition) is 2. The maximum absolute atomic E-state index is 11.8. The van der Waals surface area contributed by atoms with Gasteiger partial charge < -0.3 is 10.0 Å². The van der Waals surface area contributed by atoms with Crippen molar-refractivity contribution in [1.82, 2.24) is 10.2 Å². The highest BCUT2D eigenvalue weighted by atomic mass is 32.1. The zero-order valence-corrected chi connectivity index (χ0v) is 11.3. The maximum atomic E-state index is 11.8. The number of carbonyl (C=O) groups excluding carboxylic acids is 2. The summed E-state index contributed by atoms with van der Waals surface area (Å²) >= 11 is 1.51. The lowest BCUT2D eigenvalue weighted by Crippen LogP contribution is -2.41. The number of nitrogens with one attached hydrogen (secondary N) is 1. The molecule has 2 N–H and O–H groups in total. The molecular formula is C12H14N2O4S. The van der Waals surface area contributed by atoms with E-state index in [1.807, 2.05) is 24.4 Å². The first-order valence-corrected chi connectivity index (χ1v) is 6.32. The number of amides is 3. The lowest BCUT2D eigenvalue weighted by molar-refractivity contribution is -0.131. The van der Waals surface area contributed by atoms with E-state index >= 15 is 0 Å². The summed E-state index contributed by atoms with van der Waals surface area (Å²) in [5.41, 5.74) is 0. The van der Waals surface area contributed by atoms with Gasteiger partial charge >= 0.3 is 12.0 Å². The van der Waals surface area contributed by atoms with E-state index in [4.69, 9.17) is 5.11 Å². The molecule has 0 spiro atoms. The molecule has 0 radical (unpaired) electrons. The van der Waals surface area contributed by atoms with E-state index in [1.165, 1.54) is 16.2 Å². The Morgan fingerprint density at radius 1 is 1.42 bits per heavy atom. The molecule has 1 atom stereocenters. The Bertz CT molecular complexity index is 496. The fraction of sp³-hybridized carbons (Fsp3) is 0.250. The highest BCUT2D eigenvalue weighted by Gasteiger charge is 2.19. The predicted molar refractivity (Wildman–Crippen MR) is 70.8 cm³/mol. The molecule has 1 rings (SSSR count). The first-order valence-electron chi connectivity index (χ1n) is 5.44. The standard InChI is InChI=1S/C12H14N2O4S/c1-8(9-4-3-7-19-9)14(2)12(18)13-10(15)5-6-11(16)17/h3-8H,1-2H3,(H,16,17)(H,13,15,18). The number of thiophene rings is 1. The molecule has 1 aromatic rings. The molecule has 0 saturated carbocycles. The Morgan fingerprint density at radius 3 is 2.63 bits per heavy atom. The summed E-state index contributed by atoms with van der Waals surface area (Å²) in [5, 5.41) is 12.3. The molecule has 0 aliphatic rings. The van der Waals surface area contributed by atoms with Crippen molar-refractivity contribution in [3.63, 3.8) is 0 Å².